The van der Waals surface area contributed by atoms with E-state index in [-0.39, 0.29) is 23.5 Å². The van der Waals surface area contributed by atoms with Gasteiger partial charge in [-0.3, -0.25) is 0 Å². The third-order valence-electron chi connectivity index (χ3n) is 3.10. The van der Waals surface area contributed by atoms with Crippen molar-refractivity contribution in [2.24, 2.45) is 5.73 Å². The van der Waals surface area contributed by atoms with Crippen molar-refractivity contribution < 1.29 is 12.8 Å². The largest absolute Gasteiger partial charge is 0.336 e. The standard InChI is InChI=1S/C13H17FN4O2S/c1-10-12(14)6-11(8-15)7-13(10)21(19,20)17-3-5-18-4-2-16-9-18/h2,4,6-7,9,17H,3,5,8,15H2,1H3. The Morgan fingerprint density at radius 3 is 2.81 bits per heavy atom. The summed E-state index contributed by atoms with van der Waals surface area (Å²) >= 11 is 0. The van der Waals surface area contributed by atoms with Gasteiger partial charge in [-0.1, -0.05) is 0 Å². The van der Waals surface area contributed by atoms with Gasteiger partial charge in [0.1, 0.15) is 5.82 Å². The van der Waals surface area contributed by atoms with E-state index in [9.17, 15) is 12.8 Å². The fourth-order valence-electron chi connectivity index (χ4n) is 1.91. The zero-order valence-corrected chi connectivity index (χ0v) is 12.4. The number of nitrogens with two attached hydrogens (primary N) is 1. The van der Waals surface area contributed by atoms with Gasteiger partial charge in [-0.2, -0.15) is 0 Å². The van der Waals surface area contributed by atoms with Crippen LogP contribution in [0.5, 0.6) is 0 Å². The Hall–Kier alpha value is -1.77. The molecule has 0 fully saturated rings. The van der Waals surface area contributed by atoms with E-state index in [1.807, 2.05) is 0 Å². The minimum atomic E-state index is -3.78. The summed E-state index contributed by atoms with van der Waals surface area (Å²) in [6.07, 6.45) is 4.93. The van der Waals surface area contributed by atoms with Gasteiger partial charge in [0.15, 0.2) is 0 Å². The molecule has 0 spiro atoms. The van der Waals surface area contributed by atoms with E-state index in [2.05, 4.69) is 9.71 Å². The van der Waals surface area contributed by atoms with Crippen molar-refractivity contribution in [2.45, 2.75) is 24.9 Å². The van der Waals surface area contributed by atoms with Crippen molar-refractivity contribution in [3.63, 3.8) is 0 Å². The van der Waals surface area contributed by atoms with Crippen molar-refractivity contribution >= 4 is 10.0 Å². The molecular weight excluding hydrogens is 295 g/mol. The maximum atomic E-state index is 13.7. The number of hydrogen-bond acceptors (Lipinski definition) is 4. The summed E-state index contributed by atoms with van der Waals surface area (Å²) < 4.78 is 42.5. The minimum absolute atomic E-state index is 0.0754. The van der Waals surface area contributed by atoms with E-state index in [1.54, 1.807) is 23.3 Å². The van der Waals surface area contributed by atoms with Gasteiger partial charge in [0, 0.05) is 37.6 Å². The van der Waals surface area contributed by atoms with E-state index < -0.39 is 15.8 Å². The average Bonchev–Trinajstić information content (AvgIpc) is 2.94. The minimum Gasteiger partial charge on any atom is -0.336 e. The second-order valence-electron chi connectivity index (χ2n) is 4.60. The van der Waals surface area contributed by atoms with Crippen molar-refractivity contribution in [2.75, 3.05) is 6.54 Å². The molecule has 0 atom stereocenters. The molecule has 0 unspecified atom stereocenters. The molecule has 2 aromatic rings. The van der Waals surface area contributed by atoms with Crippen LogP contribution in [0.1, 0.15) is 11.1 Å². The smallest absolute Gasteiger partial charge is 0.241 e. The van der Waals surface area contributed by atoms with Crippen LogP contribution in [0.4, 0.5) is 4.39 Å². The molecule has 0 aliphatic carbocycles. The van der Waals surface area contributed by atoms with E-state index in [0.717, 1.165) is 0 Å². The number of sulfonamides is 1. The second-order valence-corrected chi connectivity index (χ2v) is 6.34. The highest BCUT2D eigenvalue weighted by atomic mass is 32.2. The highest BCUT2D eigenvalue weighted by Crippen LogP contribution is 2.20. The van der Waals surface area contributed by atoms with E-state index >= 15 is 0 Å². The lowest BCUT2D eigenvalue weighted by Crippen LogP contribution is -2.28. The zero-order valence-electron chi connectivity index (χ0n) is 11.6. The maximum Gasteiger partial charge on any atom is 0.241 e. The molecule has 0 amide bonds. The Morgan fingerprint density at radius 2 is 2.19 bits per heavy atom. The number of benzene rings is 1. The fraction of sp³-hybridized carbons (Fsp3) is 0.308. The molecule has 0 saturated carbocycles. The maximum absolute atomic E-state index is 13.7. The normalized spacial score (nSPS) is 11.8. The van der Waals surface area contributed by atoms with Crippen LogP contribution in [0.25, 0.3) is 0 Å². The number of rotatable bonds is 6. The molecule has 3 N–H and O–H groups in total. The molecule has 0 aliphatic rings. The van der Waals surface area contributed by atoms with Crippen LogP contribution in [0, 0.1) is 12.7 Å². The summed E-state index contributed by atoms with van der Waals surface area (Å²) in [5.74, 6) is -0.576. The molecule has 0 aliphatic heterocycles. The van der Waals surface area contributed by atoms with Crippen LogP contribution < -0.4 is 10.5 Å². The molecular formula is C13H17FN4O2S. The molecule has 1 aromatic heterocycles. The predicted molar refractivity (Wildman–Crippen MR) is 76.4 cm³/mol. The SMILES string of the molecule is Cc1c(F)cc(CN)cc1S(=O)(=O)NCCn1ccnc1. The first-order chi connectivity index (χ1) is 9.94. The predicted octanol–water partition coefficient (Wildman–Crippen LogP) is 0.768. The Labute approximate surface area is 122 Å². The molecule has 8 heteroatoms. The Balaban J connectivity index is 2.17. The summed E-state index contributed by atoms with van der Waals surface area (Å²) in [5.41, 5.74) is 5.98. The quantitative estimate of drug-likeness (QED) is 0.824. The van der Waals surface area contributed by atoms with Gasteiger partial charge in [0.05, 0.1) is 11.2 Å². The van der Waals surface area contributed by atoms with Gasteiger partial charge in [-0.15, -0.1) is 0 Å². The summed E-state index contributed by atoms with van der Waals surface area (Å²) in [4.78, 5) is 3.79. The Bertz CT molecular complexity index is 714. The third kappa shape index (κ3) is 3.66. The Morgan fingerprint density at radius 1 is 1.43 bits per heavy atom. The highest BCUT2D eigenvalue weighted by Gasteiger charge is 2.19. The van der Waals surface area contributed by atoms with Crippen LogP contribution in [0.2, 0.25) is 0 Å². The van der Waals surface area contributed by atoms with Gasteiger partial charge in [-0.25, -0.2) is 22.5 Å². The molecule has 21 heavy (non-hydrogen) atoms. The highest BCUT2D eigenvalue weighted by molar-refractivity contribution is 7.89. The van der Waals surface area contributed by atoms with Gasteiger partial charge in [0.25, 0.3) is 0 Å². The first-order valence-corrected chi connectivity index (χ1v) is 7.87. The number of imidazole rings is 1. The first-order valence-electron chi connectivity index (χ1n) is 6.38. The Kier molecular flexibility index (Phi) is 4.71. The number of halogens is 1. The van der Waals surface area contributed by atoms with Crippen molar-refractivity contribution in [3.05, 3.63) is 47.8 Å². The second kappa shape index (κ2) is 6.33. The third-order valence-corrected chi connectivity index (χ3v) is 4.69. The van der Waals surface area contributed by atoms with E-state index in [4.69, 9.17) is 5.73 Å². The monoisotopic (exact) mass is 312 g/mol. The van der Waals surface area contributed by atoms with E-state index in [1.165, 1.54) is 19.1 Å². The van der Waals surface area contributed by atoms with Crippen LogP contribution in [0.15, 0.2) is 35.7 Å². The van der Waals surface area contributed by atoms with Gasteiger partial charge in [-0.05, 0) is 24.6 Å². The number of hydrogen-bond donors (Lipinski definition) is 2. The zero-order chi connectivity index (χ0) is 15.5. The summed E-state index contributed by atoms with van der Waals surface area (Å²) in [6, 6.07) is 2.65. The lowest BCUT2D eigenvalue weighted by Gasteiger charge is -2.12. The number of nitrogens with zero attached hydrogens (tertiary/aromatic N) is 2. The first kappa shape index (κ1) is 15.6. The van der Waals surface area contributed by atoms with Crippen LogP contribution in [-0.2, 0) is 23.1 Å². The molecule has 0 radical (unpaired) electrons. The molecule has 2 rings (SSSR count). The van der Waals surface area contributed by atoms with Gasteiger partial charge < -0.3 is 10.3 Å². The fourth-order valence-corrected chi connectivity index (χ4v) is 3.23. The van der Waals surface area contributed by atoms with Crippen molar-refractivity contribution in [3.8, 4) is 0 Å². The molecule has 0 saturated heterocycles. The number of nitrogens with one attached hydrogen (secondary N) is 1. The summed E-state index contributed by atoms with van der Waals surface area (Å²) in [5, 5.41) is 0. The molecule has 1 aromatic carbocycles. The van der Waals surface area contributed by atoms with Crippen molar-refractivity contribution in [1.82, 2.24) is 14.3 Å². The summed E-state index contributed by atoms with van der Waals surface area (Å²) in [6.45, 7) is 2.14. The molecule has 6 nitrogen and oxygen atoms in total. The van der Waals surface area contributed by atoms with Gasteiger partial charge >= 0.3 is 0 Å². The number of aromatic nitrogens is 2. The van der Waals surface area contributed by atoms with Gasteiger partial charge in [0.2, 0.25) is 10.0 Å². The lowest BCUT2D eigenvalue weighted by atomic mass is 10.1. The average molecular weight is 312 g/mol. The topological polar surface area (TPSA) is 90.0 Å². The summed E-state index contributed by atoms with van der Waals surface area (Å²) in [7, 11) is -3.78. The lowest BCUT2D eigenvalue weighted by molar-refractivity contribution is 0.566. The van der Waals surface area contributed by atoms with Crippen LogP contribution >= 0.6 is 0 Å². The van der Waals surface area contributed by atoms with Crippen LogP contribution in [-0.4, -0.2) is 24.5 Å². The van der Waals surface area contributed by atoms with E-state index in [0.29, 0.717) is 12.1 Å². The van der Waals surface area contributed by atoms with Crippen molar-refractivity contribution in [1.29, 1.82) is 0 Å². The molecule has 114 valence electrons. The molecule has 0 bridgehead atoms. The molecule has 1 heterocycles. The van der Waals surface area contributed by atoms with Crippen LogP contribution in [0.3, 0.4) is 0 Å².